The van der Waals surface area contributed by atoms with Crippen molar-refractivity contribution in [2.45, 2.75) is 46.6 Å². The monoisotopic (exact) mass is 212 g/mol. The van der Waals surface area contributed by atoms with Gasteiger partial charge in [-0.25, -0.2) is 0 Å². The van der Waals surface area contributed by atoms with Gasteiger partial charge in [-0.3, -0.25) is 4.79 Å². The van der Waals surface area contributed by atoms with Gasteiger partial charge in [0.15, 0.2) is 0 Å². The van der Waals surface area contributed by atoms with Crippen LogP contribution in [0.1, 0.15) is 40.5 Å². The smallest absolute Gasteiger partial charge is 0.237 e. The summed E-state index contributed by atoms with van der Waals surface area (Å²) in [6.07, 6.45) is 2.34. The molecule has 1 aliphatic heterocycles. The second-order valence-electron chi connectivity index (χ2n) is 5.83. The molecule has 1 amide bonds. The molecule has 0 aliphatic carbocycles. The summed E-state index contributed by atoms with van der Waals surface area (Å²) < 4.78 is 0. The lowest BCUT2D eigenvalue weighted by Gasteiger charge is -2.30. The summed E-state index contributed by atoms with van der Waals surface area (Å²) in [5.74, 6) is 0.621. The fraction of sp³-hybridized carbons (Fsp3) is 0.917. The molecule has 88 valence electrons. The molecule has 3 nitrogen and oxygen atoms in total. The number of hydrogen-bond acceptors (Lipinski definition) is 2. The van der Waals surface area contributed by atoms with Crippen molar-refractivity contribution in [1.82, 2.24) is 10.6 Å². The van der Waals surface area contributed by atoms with Crippen molar-refractivity contribution in [3.63, 3.8) is 0 Å². The summed E-state index contributed by atoms with van der Waals surface area (Å²) in [6.45, 7) is 10.3. The summed E-state index contributed by atoms with van der Waals surface area (Å²) in [5.41, 5.74) is 0.160. The van der Waals surface area contributed by atoms with E-state index in [4.69, 9.17) is 0 Å². The lowest BCUT2D eigenvalue weighted by atomic mass is 9.91. The van der Waals surface area contributed by atoms with Gasteiger partial charge < -0.3 is 10.6 Å². The zero-order chi connectivity index (χ0) is 11.5. The van der Waals surface area contributed by atoms with Crippen LogP contribution in [0.2, 0.25) is 0 Å². The van der Waals surface area contributed by atoms with Gasteiger partial charge in [-0.2, -0.15) is 0 Å². The van der Waals surface area contributed by atoms with Gasteiger partial charge in [-0.05, 0) is 30.7 Å². The summed E-state index contributed by atoms with van der Waals surface area (Å²) >= 11 is 0. The first-order chi connectivity index (χ1) is 6.90. The highest BCUT2D eigenvalue weighted by Gasteiger charge is 2.27. The molecule has 1 heterocycles. The van der Waals surface area contributed by atoms with Gasteiger partial charge in [0.2, 0.25) is 5.91 Å². The molecule has 15 heavy (non-hydrogen) atoms. The Morgan fingerprint density at radius 3 is 2.67 bits per heavy atom. The predicted molar refractivity (Wildman–Crippen MR) is 62.7 cm³/mol. The van der Waals surface area contributed by atoms with Crippen LogP contribution in [0.4, 0.5) is 0 Å². The second-order valence-corrected chi connectivity index (χ2v) is 5.83. The number of nitrogens with one attached hydrogen (secondary N) is 2. The van der Waals surface area contributed by atoms with Crippen LogP contribution in [0.3, 0.4) is 0 Å². The van der Waals surface area contributed by atoms with E-state index in [2.05, 4.69) is 38.3 Å². The Morgan fingerprint density at radius 1 is 1.47 bits per heavy atom. The van der Waals surface area contributed by atoms with Crippen LogP contribution in [-0.2, 0) is 4.79 Å². The average Bonchev–Trinajstić information content (AvgIpc) is 2.14. The minimum Gasteiger partial charge on any atom is -0.354 e. The molecule has 2 N–H and O–H groups in total. The van der Waals surface area contributed by atoms with Gasteiger partial charge in [0.05, 0.1) is 6.04 Å². The Morgan fingerprint density at radius 2 is 2.13 bits per heavy atom. The van der Waals surface area contributed by atoms with Crippen LogP contribution in [0.25, 0.3) is 0 Å². The maximum Gasteiger partial charge on any atom is 0.237 e. The standard InChI is InChI=1S/C12H24N2O/c1-9-6-5-7-13-10(9)11(15)14-8-12(2,3)4/h9-10,13H,5-8H2,1-4H3,(H,14,15). The number of carbonyl (C=O) groups excluding carboxylic acids is 1. The van der Waals surface area contributed by atoms with Crippen molar-refractivity contribution in [1.29, 1.82) is 0 Å². The van der Waals surface area contributed by atoms with E-state index in [9.17, 15) is 4.79 Å². The molecule has 0 saturated carbocycles. The second kappa shape index (κ2) is 4.97. The Hall–Kier alpha value is -0.570. The Bertz CT molecular complexity index is 220. The topological polar surface area (TPSA) is 41.1 Å². The molecule has 1 saturated heterocycles. The molecule has 0 aromatic carbocycles. The summed E-state index contributed by atoms with van der Waals surface area (Å²) in [5, 5.41) is 6.31. The number of carbonyl (C=O) groups is 1. The van der Waals surface area contributed by atoms with Crippen molar-refractivity contribution in [3.05, 3.63) is 0 Å². The van der Waals surface area contributed by atoms with Crippen molar-refractivity contribution in [2.24, 2.45) is 11.3 Å². The van der Waals surface area contributed by atoms with E-state index in [-0.39, 0.29) is 17.4 Å². The molecule has 0 aromatic rings. The third-order valence-corrected chi connectivity index (χ3v) is 2.84. The number of amides is 1. The first-order valence-electron chi connectivity index (χ1n) is 5.91. The Labute approximate surface area is 93.0 Å². The molecule has 0 spiro atoms. The molecule has 1 rings (SSSR count). The number of rotatable bonds is 2. The number of piperidine rings is 1. The molecular weight excluding hydrogens is 188 g/mol. The highest BCUT2D eigenvalue weighted by molar-refractivity contribution is 5.82. The summed E-state index contributed by atoms with van der Waals surface area (Å²) in [4.78, 5) is 11.9. The lowest BCUT2D eigenvalue weighted by molar-refractivity contribution is -0.125. The van der Waals surface area contributed by atoms with E-state index < -0.39 is 0 Å². The SMILES string of the molecule is CC1CCCNC1C(=O)NCC(C)(C)C. The maximum atomic E-state index is 11.9. The summed E-state index contributed by atoms with van der Waals surface area (Å²) in [7, 11) is 0. The van der Waals surface area contributed by atoms with E-state index >= 15 is 0 Å². The van der Waals surface area contributed by atoms with E-state index in [0.29, 0.717) is 5.92 Å². The minimum atomic E-state index is 0.0149. The molecule has 1 fully saturated rings. The number of hydrogen-bond donors (Lipinski definition) is 2. The Kier molecular flexibility index (Phi) is 4.14. The molecule has 2 unspecified atom stereocenters. The molecule has 2 atom stereocenters. The zero-order valence-electron chi connectivity index (χ0n) is 10.4. The van der Waals surface area contributed by atoms with Crippen molar-refractivity contribution in [3.8, 4) is 0 Å². The average molecular weight is 212 g/mol. The largest absolute Gasteiger partial charge is 0.354 e. The van der Waals surface area contributed by atoms with Crippen LogP contribution in [0, 0.1) is 11.3 Å². The Balaban J connectivity index is 2.39. The van der Waals surface area contributed by atoms with Gasteiger partial charge in [0.25, 0.3) is 0 Å². The van der Waals surface area contributed by atoms with E-state index in [1.807, 2.05) is 0 Å². The van der Waals surface area contributed by atoms with E-state index in [1.54, 1.807) is 0 Å². The summed E-state index contributed by atoms with van der Waals surface area (Å²) in [6, 6.07) is 0.0149. The van der Waals surface area contributed by atoms with Crippen molar-refractivity contribution >= 4 is 5.91 Å². The first-order valence-corrected chi connectivity index (χ1v) is 5.91. The third-order valence-electron chi connectivity index (χ3n) is 2.84. The van der Waals surface area contributed by atoms with Gasteiger partial charge in [-0.1, -0.05) is 27.7 Å². The third kappa shape index (κ3) is 4.20. The van der Waals surface area contributed by atoms with Crippen LogP contribution < -0.4 is 10.6 Å². The van der Waals surface area contributed by atoms with Gasteiger partial charge >= 0.3 is 0 Å². The quantitative estimate of drug-likeness (QED) is 0.729. The maximum absolute atomic E-state index is 11.9. The highest BCUT2D eigenvalue weighted by Crippen LogP contribution is 2.16. The van der Waals surface area contributed by atoms with Crippen LogP contribution in [-0.4, -0.2) is 25.0 Å². The van der Waals surface area contributed by atoms with Crippen LogP contribution >= 0.6 is 0 Å². The molecule has 3 heteroatoms. The normalized spacial score (nSPS) is 27.5. The minimum absolute atomic E-state index is 0.0149. The van der Waals surface area contributed by atoms with E-state index in [1.165, 1.54) is 6.42 Å². The molecular formula is C12H24N2O. The lowest BCUT2D eigenvalue weighted by Crippen LogP contribution is -2.52. The molecule has 0 bridgehead atoms. The van der Waals surface area contributed by atoms with Gasteiger partial charge in [-0.15, -0.1) is 0 Å². The molecule has 0 radical (unpaired) electrons. The van der Waals surface area contributed by atoms with Crippen molar-refractivity contribution < 1.29 is 4.79 Å². The predicted octanol–water partition coefficient (Wildman–Crippen LogP) is 1.54. The zero-order valence-corrected chi connectivity index (χ0v) is 10.4. The van der Waals surface area contributed by atoms with Crippen molar-refractivity contribution in [2.75, 3.05) is 13.1 Å². The first kappa shape index (κ1) is 12.5. The fourth-order valence-electron chi connectivity index (χ4n) is 1.86. The highest BCUT2D eigenvalue weighted by atomic mass is 16.2. The molecule has 1 aliphatic rings. The van der Waals surface area contributed by atoms with Crippen LogP contribution in [0.15, 0.2) is 0 Å². The van der Waals surface area contributed by atoms with Crippen LogP contribution in [0.5, 0.6) is 0 Å². The van der Waals surface area contributed by atoms with Gasteiger partial charge in [0, 0.05) is 6.54 Å². The fourth-order valence-corrected chi connectivity index (χ4v) is 1.86. The van der Waals surface area contributed by atoms with E-state index in [0.717, 1.165) is 19.5 Å². The van der Waals surface area contributed by atoms with Gasteiger partial charge in [0.1, 0.15) is 0 Å². The molecule has 0 aromatic heterocycles.